The molecule has 226 valence electrons. The van der Waals surface area contributed by atoms with Gasteiger partial charge in [-0.1, -0.05) is 36.4 Å². The Balaban J connectivity index is 2.19. The molecule has 0 aliphatic rings. The maximum absolute atomic E-state index is 13.0. The number of esters is 2. The second kappa shape index (κ2) is 15.4. The molecule has 12 nitrogen and oxygen atoms in total. The third-order valence-corrected chi connectivity index (χ3v) is 5.90. The molecule has 0 saturated carbocycles. The number of carbonyl (C=O) groups is 6. The maximum Gasteiger partial charge on any atom is 0.343 e. The molecule has 2 N–H and O–H groups in total. The van der Waals surface area contributed by atoms with Gasteiger partial charge in [0.1, 0.15) is 22.5 Å². The van der Waals surface area contributed by atoms with Crippen LogP contribution in [0.1, 0.15) is 59.8 Å². The molecule has 0 aliphatic carbocycles. The van der Waals surface area contributed by atoms with Crippen LogP contribution in [-0.4, -0.2) is 58.5 Å². The van der Waals surface area contributed by atoms with Crippen LogP contribution >= 0.6 is 0 Å². The van der Waals surface area contributed by atoms with Gasteiger partial charge in [0.05, 0.1) is 24.6 Å². The van der Waals surface area contributed by atoms with Crippen LogP contribution in [0.2, 0.25) is 0 Å². The van der Waals surface area contributed by atoms with Crippen LogP contribution in [0.25, 0.3) is 11.4 Å². The molecule has 2 heterocycles. The molecule has 0 unspecified atom stereocenters. The van der Waals surface area contributed by atoms with E-state index in [4.69, 9.17) is 9.47 Å². The highest BCUT2D eigenvalue weighted by atomic mass is 16.5. The van der Waals surface area contributed by atoms with Crippen LogP contribution < -0.4 is 10.6 Å². The quantitative estimate of drug-likeness (QED) is 0.137. The summed E-state index contributed by atoms with van der Waals surface area (Å²) < 4.78 is 10.2. The molecule has 1 aromatic carbocycles. The van der Waals surface area contributed by atoms with Gasteiger partial charge in [-0.25, -0.2) is 9.59 Å². The van der Waals surface area contributed by atoms with Gasteiger partial charge in [-0.3, -0.25) is 29.1 Å². The summed E-state index contributed by atoms with van der Waals surface area (Å²) in [5.41, 5.74) is -0.693. The Labute approximate surface area is 253 Å². The fourth-order valence-corrected chi connectivity index (χ4v) is 3.96. The number of pyridine rings is 2. The van der Waals surface area contributed by atoms with Crippen LogP contribution in [0.15, 0.2) is 84.2 Å². The predicted octanol–water partition coefficient (Wildman–Crippen LogP) is 3.06. The highest BCUT2D eigenvalue weighted by Gasteiger charge is 2.27. The van der Waals surface area contributed by atoms with E-state index in [0.717, 1.165) is 13.8 Å². The van der Waals surface area contributed by atoms with E-state index in [1.165, 1.54) is 48.8 Å². The van der Waals surface area contributed by atoms with E-state index in [0.29, 0.717) is 0 Å². The minimum atomic E-state index is -0.954. The third-order valence-electron chi connectivity index (χ3n) is 5.90. The number of nitrogens with one attached hydrogen (secondary N) is 2. The van der Waals surface area contributed by atoms with Crippen molar-refractivity contribution in [2.75, 3.05) is 13.2 Å². The van der Waals surface area contributed by atoms with Gasteiger partial charge in [0, 0.05) is 12.4 Å². The Morgan fingerprint density at radius 2 is 0.955 bits per heavy atom. The van der Waals surface area contributed by atoms with Crippen LogP contribution in [-0.2, 0) is 28.7 Å². The summed E-state index contributed by atoms with van der Waals surface area (Å²) in [7, 11) is 0. The Bertz CT molecular complexity index is 1510. The van der Waals surface area contributed by atoms with Gasteiger partial charge in [-0.05, 0) is 63.1 Å². The summed E-state index contributed by atoms with van der Waals surface area (Å²) >= 11 is 0. The molecule has 3 rings (SSSR count). The number of benzene rings is 1. The van der Waals surface area contributed by atoms with E-state index in [9.17, 15) is 28.8 Å². The molecule has 0 atom stereocenters. The van der Waals surface area contributed by atoms with Crippen molar-refractivity contribution in [2.24, 2.45) is 0 Å². The van der Waals surface area contributed by atoms with Gasteiger partial charge < -0.3 is 20.1 Å². The molecule has 0 saturated heterocycles. The first kappa shape index (κ1) is 32.7. The smallest absolute Gasteiger partial charge is 0.343 e. The summed E-state index contributed by atoms with van der Waals surface area (Å²) in [5, 5.41) is 5.17. The van der Waals surface area contributed by atoms with Gasteiger partial charge in [0.25, 0.3) is 11.8 Å². The first-order valence-electron chi connectivity index (χ1n) is 13.5. The zero-order chi connectivity index (χ0) is 32.2. The van der Waals surface area contributed by atoms with Crippen molar-refractivity contribution in [3.05, 3.63) is 107 Å². The van der Waals surface area contributed by atoms with E-state index < -0.39 is 46.5 Å². The zero-order valence-corrected chi connectivity index (χ0v) is 24.5. The lowest BCUT2D eigenvalue weighted by molar-refractivity contribution is -0.141. The van der Waals surface area contributed by atoms with Crippen molar-refractivity contribution in [1.82, 2.24) is 20.6 Å². The number of carbonyl (C=O) groups excluding carboxylic acids is 6. The second-order valence-electron chi connectivity index (χ2n) is 8.97. The average Bonchev–Trinajstić information content (AvgIpc) is 3.01. The van der Waals surface area contributed by atoms with Crippen molar-refractivity contribution < 1.29 is 38.2 Å². The average molecular weight is 599 g/mol. The SMILES string of the molecule is CCOC(=O)/C(C(C)=O)=C(\NC(=O)c1ccccn1)c1ccc(/C(NC(=O)c2ccccn2)=C(\C(C)=O)C(=O)OCC)cc1. The third kappa shape index (κ3) is 8.16. The van der Waals surface area contributed by atoms with Crippen LogP contribution in [0.5, 0.6) is 0 Å². The van der Waals surface area contributed by atoms with Gasteiger partial charge >= 0.3 is 11.9 Å². The van der Waals surface area contributed by atoms with E-state index in [2.05, 4.69) is 20.6 Å². The number of hydrogen-bond donors (Lipinski definition) is 2. The summed E-state index contributed by atoms with van der Waals surface area (Å²) in [6.07, 6.45) is 2.82. The Morgan fingerprint density at radius 3 is 1.23 bits per heavy atom. The van der Waals surface area contributed by atoms with E-state index >= 15 is 0 Å². The van der Waals surface area contributed by atoms with E-state index in [1.54, 1.807) is 38.1 Å². The lowest BCUT2D eigenvalue weighted by Crippen LogP contribution is -2.29. The monoisotopic (exact) mass is 598 g/mol. The fourth-order valence-electron chi connectivity index (χ4n) is 3.96. The maximum atomic E-state index is 13.0. The van der Waals surface area contributed by atoms with Crippen LogP contribution in [0.3, 0.4) is 0 Å². The lowest BCUT2D eigenvalue weighted by atomic mass is 9.98. The normalized spacial score (nSPS) is 11.7. The molecule has 0 fully saturated rings. The van der Waals surface area contributed by atoms with Crippen LogP contribution in [0, 0.1) is 0 Å². The summed E-state index contributed by atoms with van der Waals surface area (Å²) in [6.45, 7) is 5.39. The molecule has 0 spiro atoms. The van der Waals surface area contributed by atoms with Gasteiger partial charge in [-0.15, -0.1) is 0 Å². The summed E-state index contributed by atoms with van der Waals surface area (Å²) in [4.78, 5) is 85.1. The number of rotatable bonds is 12. The Morgan fingerprint density at radius 1 is 0.591 bits per heavy atom. The highest BCUT2D eigenvalue weighted by Crippen LogP contribution is 2.24. The number of ether oxygens (including phenoxy) is 2. The number of aromatic nitrogens is 2. The topological polar surface area (TPSA) is 171 Å². The number of hydrogen-bond acceptors (Lipinski definition) is 10. The molecule has 0 bridgehead atoms. The second-order valence-corrected chi connectivity index (χ2v) is 8.97. The Hall–Kier alpha value is -5.78. The van der Waals surface area contributed by atoms with E-state index in [1.807, 2.05) is 0 Å². The van der Waals surface area contributed by atoms with Gasteiger partial charge in [0.15, 0.2) is 11.6 Å². The predicted molar refractivity (Wildman–Crippen MR) is 158 cm³/mol. The molecule has 2 aromatic heterocycles. The highest BCUT2D eigenvalue weighted by molar-refractivity contribution is 6.24. The molecular formula is C32H30N4O8. The lowest BCUT2D eigenvalue weighted by Gasteiger charge is -2.17. The van der Waals surface area contributed by atoms with E-state index in [-0.39, 0.29) is 47.1 Å². The molecule has 44 heavy (non-hydrogen) atoms. The molecule has 3 aromatic rings. The van der Waals surface area contributed by atoms with Crippen molar-refractivity contribution >= 4 is 46.7 Å². The fraction of sp³-hybridized carbons (Fsp3) is 0.188. The van der Waals surface area contributed by atoms with Gasteiger partial charge in [0.2, 0.25) is 0 Å². The van der Waals surface area contributed by atoms with Crippen LogP contribution in [0.4, 0.5) is 0 Å². The molecule has 0 aliphatic heterocycles. The van der Waals surface area contributed by atoms with Crippen molar-refractivity contribution in [1.29, 1.82) is 0 Å². The molecule has 2 amide bonds. The number of Topliss-reactive ketones (excluding diaryl/α,β-unsaturated/α-hetero) is 2. The minimum absolute atomic E-state index is 0.0244. The molecular weight excluding hydrogens is 568 g/mol. The molecule has 12 heteroatoms. The zero-order valence-electron chi connectivity index (χ0n) is 24.5. The number of amides is 2. The van der Waals surface area contributed by atoms with Crippen molar-refractivity contribution in [3.63, 3.8) is 0 Å². The first-order valence-corrected chi connectivity index (χ1v) is 13.5. The largest absolute Gasteiger partial charge is 0.462 e. The number of nitrogens with zero attached hydrogens (tertiary/aromatic N) is 2. The number of ketones is 2. The standard InChI is InChI=1S/C32H30N4O8/c1-5-43-31(41)25(19(3)37)27(35-29(39)23-11-7-9-17-33-23)21-13-15-22(16-14-21)28(26(20(4)38)32(42)44-6-2)36-30(40)24-12-8-10-18-34-24/h7-18H,5-6H2,1-4H3,(H,35,39)(H,36,40)/b27-25-,28-26-. The summed E-state index contributed by atoms with van der Waals surface area (Å²) in [5.74, 6) is -4.65. The summed E-state index contributed by atoms with van der Waals surface area (Å²) in [6, 6.07) is 15.1. The van der Waals surface area contributed by atoms with Crippen molar-refractivity contribution in [2.45, 2.75) is 27.7 Å². The van der Waals surface area contributed by atoms with Gasteiger partial charge in [-0.2, -0.15) is 0 Å². The Kier molecular flexibility index (Phi) is 11.5. The first-order chi connectivity index (χ1) is 21.1. The molecule has 0 radical (unpaired) electrons. The minimum Gasteiger partial charge on any atom is -0.462 e. The van der Waals surface area contributed by atoms with Crippen molar-refractivity contribution in [3.8, 4) is 0 Å².